The first-order valence-electron chi connectivity index (χ1n) is 7.63. The van der Waals surface area contributed by atoms with E-state index in [0.29, 0.717) is 24.4 Å². The van der Waals surface area contributed by atoms with Crippen LogP contribution in [0.1, 0.15) is 48.0 Å². The van der Waals surface area contributed by atoms with Crippen LogP contribution in [0.2, 0.25) is 0 Å². The molecule has 114 valence electrons. The molecule has 1 fully saturated rings. The molecule has 0 saturated heterocycles. The number of nitrogens with zero attached hydrogens (tertiary/aromatic N) is 1. The van der Waals surface area contributed by atoms with Gasteiger partial charge < -0.3 is 10.2 Å². The van der Waals surface area contributed by atoms with Crippen molar-refractivity contribution in [2.45, 2.75) is 38.6 Å². The van der Waals surface area contributed by atoms with Gasteiger partial charge in [-0.25, -0.2) is 0 Å². The van der Waals surface area contributed by atoms with E-state index in [1.165, 1.54) is 25.7 Å². The van der Waals surface area contributed by atoms with Crippen LogP contribution in [-0.4, -0.2) is 30.8 Å². The molecule has 1 N–H and O–H groups in total. The van der Waals surface area contributed by atoms with E-state index in [1.54, 1.807) is 31.1 Å². The highest BCUT2D eigenvalue weighted by Gasteiger charge is 2.18. The topological polar surface area (TPSA) is 49.4 Å². The van der Waals surface area contributed by atoms with Gasteiger partial charge in [0.15, 0.2) is 0 Å². The number of rotatable bonds is 5. The van der Waals surface area contributed by atoms with E-state index < -0.39 is 0 Å². The molecule has 0 radical (unpaired) electrons. The molecule has 2 rings (SSSR count). The standard InChI is InChI=1S/C17H24N2O2/c1-19(2)17(21)15-9-7-14(8-10-15)12-18-16(20)11-13-5-3-4-6-13/h7-10,13H,3-6,11-12H2,1-2H3,(H,18,20). The van der Waals surface area contributed by atoms with Crippen molar-refractivity contribution >= 4 is 11.8 Å². The van der Waals surface area contributed by atoms with Crippen molar-refractivity contribution < 1.29 is 9.59 Å². The van der Waals surface area contributed by atoms with Gasteiger partial charge >= 0.3 is 0 Å². The summed E-state index contributed by atoms with van der Waals surface area (Å²) in [4.78, 5) is 25.2. The highest BCUT2D eigenvalue weighted by atomic mass is 16.2. The molecule has 1 aromatic rings. The Labute approximate surface area is 126 Å². The third kappa shape index (κ3) is 4.59. The van der Waals surface area contributed by atoms with Crippen molar-refractivity contribution in [1.82, 2.24) is 10.2 Å². The maximum atomic E-state index is 11.9. The van der Waals surface area contributed by atoms with E-state index in [-0.39, 0.29) is 11.8 Å². The predicted molar refractivity (Wildman–Crippen MR) is 82.9 cm³/mol. The van der Waals surface area contributed by atoms with E-state index in [0.717, 1.165) is 5.56 Å². The highest BCUT2D eigenvalue weighted by molar-refractivity contribution is 5.93. The molecule has 0 heterocycles. The number of hydrogen-bond donors (Lipinski definition) is 1. The summed E-state index contributed by atoms with van der Waals surface area (Å²) in [6.45, 7) is 0.530. The zero-order chi connectivity index (χ0) is 15.2. The minimum atomic E-state index is -0.00758. The average Bonchev–Trinajstić information content (AvgIpc) is 2.97. The first kappa shape index (κ1) is 15.5. The summed E-state index contributed by atoms with van der Waals surface area (Å²) in [5, 5.41) is 2.96. The lowest BCUT2D eigenvalue weighted by Crippen LogP contribution is -2.24. The number of carbonyl (C=O) groups is 2. The van der Waals surface area contributed by atoms with Crippen LogP contribution >= 0.6 is 0 Å². The van der Waals surface area contributed by atoms with Gasteiger partial charge in [-0.1, -0.05) is 25.0 Å². The summed E-state index contributed by atoms with van der Waals surface area (Å²) in [7, 11) is 3.47. The van der Waals surface area contributed by atoms with E-state index in [1.807, 2.05) is 12.1 Å². The molecule has 0 spiro atoms. The second kappa shape index (κ2) is 7.25. The van der Waals surface area contributed by atoms with Gasteiger partial charge in [0.25, 0.3) is 5.91 Å². The van der Waals surface area contributed by atoms with Crippen LogP contribution in [0.5, 0.6) is 0 Å². The fraction of sp³-hybridized carbons (Fsp3) is 0.529. The third-order valence-electron chi connectivity index (χ3n) is 4.05. The molecule has 1 aliphatic carbocycles. The SMILES string of the molecule is CN(C)C(=O)c1ccc(CNC(=O)CC2CCCC2)cc1. The number of nitrogens with one attached hydrogen (secondary N) is 1. The van der Waals surface area contributed by atoms with Crippen molar-refractivity contribution in [1.29, 1.82) is 0 Å². The normalized spacial score (nSPS) is 15.0. The summed E-state index contributed by atoms with van der Waals surface area (Å²) in [5.41, 5.74) is 1.69. The number of carbonyl (C=O) groups excluding carboxylic acids is 2. The molecule has 0 atom stereocenters. The highest BCUT2D eigenvalue weighted by Crippen LogP contribution is 2.27. The van der Waals surface area contributed by atoms with E-state index in [9.17, 15) is 9.59 Å². The smallest absolute Gasteiger partial charge is 0.253 e. The molecule has 0 unspecified atom stereocenters. The fourth-order valence-corrected chi connectivity index (χ4v) is 2.77. The second-order valence-corrected chi connectivity index (χ2v) is 6.03. The van der Waals surface area contributed by atoms with E-state index in [2.05, 4.69) is 5.32 Å². The van der Waals surface area contributed by atoms with Crippen LogP contribution in [0, 0.1) is 5.92 Å². The minimum absolute atomic E-state index is 0.00758. The number of benzene rings is 1. The van der Waals surface area contributed by atoms with Gasteiger partial charge in [0.05, 0.1) is 0 Å². The zero-order valence-corrected chi connectivity index (χ0v) is 12.9. The molecule has 0 aliphatic heterocycles. The fourth-order valence-electron chi connectivity index (χ4n) is 2.77. The summed E-state index contributed by atoms with van der Waals surface area (Å²) in [6.07, 6.45) is 5.55. The Kier molecular flexibility index (Phi) is 5.37. The van der Waals surface area contributed by atoms with Crippen LogP contribution in [0.4, 0.5) is 0 Å². The molecule has 21 heavy (non-hydrogen) atoms. The van der Waals surface area contributed by atoms with E-state index in [4.69, 9.17) is 0 Å². The molecular formula is C17H24N2O2. The average molecular weight is 288 g/mol. The zero-order valence-electron chi connectivity index (χ0n) is 12.9. The number of hydrogen-bond acceptors (Lipinski definition) is 2. The van der Waals surface area contributed by atoms with Gasteiger partial charge in [-0.05, 0) is 36.5 Å². The monoisotopic (exact) mass is 288 g/mol. The van der Waals surface area contributed by atoms with Crippen molar-refractivity contribution in [2.24, 2.45) is 5.92 Å². The Bertz CT molecular complexity index is 488. The van der Waals surface area contributed by atoms with Crippen LogP contribution in [0.3, 0.4) is 0 Å². The van der Waals surface area contributed by atoms with Crippen LogP contribution < -0.4 is 5.32 Å². The van der Waals surface area contributed by atoms with Crippen LogP contribution in [-0.2, 0) is 11.3 Å². The Morgan fingerprint density at radius 1 is 1.14 bits per heavy atom. The molecule has 4 nitrogen and oxygen atoms in total. The minimum Gasteiger partial charge on any atom is -0.352 e. The van der Waals surface area contributed by atoms with Gasteiger partial charge in [0.1, 0.15) is 0 Å². The van der Waals surface area contributed by atoms with Gasteiger partial charge in [-0.2, -0.15) is 0 Å². The van der Waals surface area contributed by atoms with Gasteiger partial charge in [-0.3, -0.25) is 9.59 Å². The number of amides is 2. The summed E-state index contributed by atoms with van der Waals surface area (Å²) in [6, 6.07) is 7.40. The Balaban J connectivity index is 1.80. The Morgan fingerprint density at radius 2 is 1.76 bits per heavy atom. The van der Waals surface area contributed by atoms with Crippen molar-refractivity contribution in [3.63, 3.8) is 0 Å². The van der Waals surface area contributed by atoms with Crippen molar-refractivity contribution in [2.75, 3.05) is 14.1 Å². The predicted octanol–water partition coefficient (Wildman–Crippen LogP) is 2.58. The maximum Gasteiger partial charge on any atom is 0.253 e. The molecule has 0 bridgehead atoms. The lowest BCUT2D eigenvalue weighted by atomic mass is 10.0. The van der Waals surface area contributed by atoms with Gasteiger partial charge in [-0.15, -0.1) is 0 Å². The third-order valence-corrected chi connectivity index (χ3v) is 4.05. The quantitative estimate of drug-likeness (QED) is 0.905. The largest absolute Gasteiger partial charge is 0.352 e. The summed E-state index contributed by atoms with van der Waals surface area (Å²) in [5.74, 6) is 0.701. The lowest BCUT2D eigenvalue weighted by molar-refractivity contribution is -0.122. The van der Waals surface area contributed by atoms with Gasteiger partial charge in [0, 0.05) is 32.6 Å². The molecule has 1 aliphatic rings. The van der Waals surface area contributed by atoms with Crippen molar-refractivity contribution in [3.8, 4) is 0 Å². The molecule has 4 heteroatoms. The lowest BCUT2D eigenvalue weighted by Gasteiger charge is -2.11. The first-order chi connectivity index (χ1) is 10.1. The van der Waals surface area contributed by atoms with Gasteiger partial charge in [0.2, 0.25) is 5.91 Å². The molecule has 2 amide bonds. The van der Waals surface area contributed by atoms with Crippen LogP contribution in [0.15, 0.2) is 24.3 Å². The Hall–Kier alpha value is -1.84. The molecule has 0 aromatic heterocycles. The van der Waals surface area contributed by atoms with Crippen molar-refractivity contribution in [3.05, 3.63) is 35.4 Å². The van der Waals surface area contributed by atoms with Crippen LogP contribution in [0.25, 0.3) is 0 Å². The molecular weight excluding hydrogens is 264 g/mol. The Morgan fingerprint density at radius 3 is 2.33 bits per heavy atom. The molecule has 1 saturated carbocycles. The summed E-state index contributed by atoms with van der Waals surface area (Å²) >= 11 is 0. The van der Waals surface area contributed by atoms with E-state index >= 15 is 0 Å². The maximum absolute atomic E-state index is 11.9. The molecule has 1 aromatic carbocycles. The first-order valence-corrected chi connectivity index (χ1v) is 7.63. The summed E-state index contributed by atoms with van der Waals surface area (Å²) < 4.78 is 0. The second-order valence-electron chi connectivity index (χ2n) is 6.03.